The lowest BCUT2D eigenvalue weighted by Crippen LogP contribution is -2.44. The standard InChI is InChI=1S/C17H32N2O2/c1-13(5-4-6-15(3)20)7-8-14(2)17(21)19-16-9-11-18-12-10-16/h13-14,16,18H,4-12H2,1-3H3,(H,19,21). The SMILES string of the molecule is CC(=O)CCCC(C)CCC(C)C(=O)NC1CCNCC1. The fraction of sp³-hybridized carbons (Fsp3) is 0.882. The summed E-state index contributed by atoms with van der Waals surface area (Å²) in [5, 5.41) is 6.49. The van der Waals surface area contributed by atoms with E-state index in [9.17, 15) is 9.59 Å². The Morgan fingerprint density at radius 1 is 1.14 bits per heavy atom. The largest absolute Gasteiger partial charge is 0.353 e. The summed E-state index contributed by atoms with van der Waals surface area (Å²) in [6.45, 7) is 7.91. The molecule has 122 valence electrons. The van der Waals surface area contributed by atoms with Gasteiger partial charge in [0.05, 0.1) is 0 Å². The average Bonchev–Trinajstić information content (AvgIpc) is 2.45. The number of carbonyl (C=O) groups excluding carboxylic acids is 2. The molecule has 1 aliphatic rings. The fourth-order valence-electron chi connectivity index (χ4n) is 2.82. The van der Waals surface area contributed by atoms with Gasteiger partial charge in [0.25, 0.3) is 0 Å². The van der Waals surface area contributed by atoms with Crippen LogP contribution in [0.2, 0.25) is 0 Å². The topological polar surface area (TPSA) is 58.2 Å². The third-order valence-electron chi connectivity index (χ3n) is 4.45. The minimum atomic E-state index is 0.0927. The van der Waals surface area contributed by atoms with E-state index in [2.05, 4.69) is 17.6 Å². The molecule has 1 rings (SSSR count). The van der Waals surface area contributed by atoms with Crippen molar-refractivity contribution in [3.05, 3.63) is 0 Å². The maximum atomic E-state index is 12.2. The van der Waals surface area contributed by atoms with Gasteiger partial charge < -0.3 is 15.4 Å². The van der Waals surface area contributed by atoms with E-state index in [-0.39, 0.29) is 17.6 Å². The van der Waals surface area contributed by atoms with Crippen molar-refractivity contribution in [3.8, 4) is 0 Å². The summed E-state index contributed by atoms with van der Waals surface area (Å²) in [6.07, 6.45) is 6.85. The summed E-state index contributed by atoms with van der Waals surface area (Å²) in [5.74, 6) is 1.17. The summed E-state index contributed by atoms with van der Waals surface area (Å²) in [7, 11) is 0. The molecule has 0 aromatic heterocycles. The van der Waals surface area contributed by atoms with Crippen molar-refractivity contribution in [2.45, 2.75) is 71.8 Å². The van der Waals surface area contributed by atoms with Crippen molar-refractivity contribution in [2.24, 2.45) is 11.8 Å². The van der Waals surface area contributed by atoms with Crippen LogP contribution in [0.3, 0.4) is 0 Å². The van der Waals surface area contributed by atoms with Gasteiger partial charge in [0, 0.05) is 18.4 Å². The van der Waals surface area contributed by atoms with Gasteiger partial charge in [-0.25, -0.2) is 0 Å². The van der Waals surface area contributed by atoms with Gasteiger partial charge in [-0.1, -0.05) is 20.3 Å². The van der Waals surface area contributed by atoms with E-state index in [0.717, 1.165) is 51.6 Å². The first-order chi connectivity index (χ1) is 9.99. The molecular formula is C17H32N2O2. The first-order valence-corrected chi connectivity index (χ1v) is 8.49. The molecule has 1 heterocycles. The Morgan fingerprint density at radius 3 is 2.43 bits per heavy atom. The van der Waals surface area contributed by atoms with Gasteiger partial charge in [0.2, 0.25) is 5.91 Å². The second-order valence-electron chi connectivity index (χ2n) is 6.71. The number of hydrogen-bond acceptors (Lipinski definition) is 3. The highest BCUT2D eigenvalue weighted by Crippen LogP contribution is 2.18. The van der Waals surface area contributed by atoms with Crippen LogP contribution in [0.1, 0.15) is 65.7 Å². The molecule has 1 fully saturated rings. The molecule has 0 aromatic rings. The Labute approximate surface area is 129 Å². The first-order valence-electron chi connectivity index (χ1n) is 8.49. The smallest absolute Gasteiger partial charge is 0.223 e. The molecule has 0 aromatic carbocycles. The third-order valence-corrected chi connectivity index (χ3v) is 4.45. The number of Topliss-reactive ketones (excluding diaryl/α,β-unsaturated/α-hetero) is 1. The number of rotatable bonds is 9. The van der Waals surface area contributed by atoms with E-state index in [1.165, 1.54) is 0 Å². The van der Waals surface area contributed by atoms with Crippen LogP contribution in [0.15, 0.2) is 0 Å². The molecule has 1 amide bonds. The van der Waals surface area contributed by atoms with Crippen LogP contribution in [-0.4, -0.2) is 30.8 Å². The lowest BCUT2D eigenvalue weighted by atomic mass is 9.93. The number of piperidine rings is 1. The van der Waals surface area contributed by atoms with Gasteiger partial charge in [0.15, 0.2) is 0 Å². The number of hydrogen-bond donors (Lipinski definition) is 2. The van der Waals surface area contributed by atoms with Gasteiger partial charge >= 0.3 is 0 Å². The monoisotopic (exact) mass is 296 g/mol. The Hall–Kier alpha value is -0.900. The van der Waals surface area contributed by atoms with Gasteiger partial charge in [-0.3, -0.25) is 4.79 Å². The fourth-order valence-corrected chi connectivity index (χ4v) is 2.82. The lowest BCUT2D eigenvalue weighted by Gasteiger charge is -2.25. The zero-order valence-corrected chi connectivity index (χ0v) is 13.9. The Balaban J connectivity index is 2.14. The minimum absolute atomic E-state index is 0.0927. The predicted molar refractivity (Wildman–Crippen MR) is 86.1 cm³/mol. The van der Waals surface area contributed by atoms with Crippen LogP contribution in [0.4, 0.5) is 0 Å². The summed E-state index contributed by atoms with van der Waals surface area (Å²) >= 11 is 0. The van der Waals surface area contributed by atoms with Crippen molar-refractivity contribution in [1.82, 2.24) is 10.6 Å². The Morgan fingerprint density at radius 2 is 1.81 bits per heavy atom. The summed E-state index contributed by atoms with van der Waals surface area (Å²) in [5.41, 5.74) is 0. The van der Waals surface area contributed by atoms with Crippen LogP contribution < -0.4 is 10.6 Å². The van der Waals surface area contributed by atoms with Crippen molar-refractivity contribution < 1.29 is 9.59 Å². The first kappa shape index (κ1) is 18.1. The van der Waals surface area contributed by atoms with E-state index < -0.39 is 0 Å². The molecule has 0 bridgehead atoms. The molecule has 2 unspecified atom stereocenters. The summed E-state index contributed by atoms with van der Waals surface area (Å²) < 4.78 is 0. The molecule has 2 atom stereocenters. The molecule has 2 N–H and O–H groups in total. The molecule has 4 heteroatoms. The second-order valence-corrected chi connectivity index (χ2v) is 6.71. The van der Waals surface area contributed by atoms with Crippen LogP contribution >= 0.6 is 0 Å². The number of ketones is 1. The zero-order valence-electron chi connectivity index (χ0n) is 13.9. The molecule has 1 aliphatic heterocycles. The quantitative estimate of drug-likeness (QED) is 0.688. The Bertz CT molecular complexity index is 325. The molecule has 0 aliphatic carbocycles. The average molecular weight is 296 g/mol. The summed E-state index contributed by atoms with van der Waals surface area (Å²) in [4.78, 5) is 23.1. The van der Waals surface area contributed by atoms with Gasteiger partial charge in [-0.2, -0.15) is 0 Å². The van der Waals surface area contributed by atoms with E-state index in [0.29, 0.717) is 18.4 Å². The molecule has 0 radical (unpaired) electrons. The molecule has 1 saturated heterocycles. The molecule has 4 nitrogen and oxygen atoms in total. The van der Waals surface area contributed by atoms with Crippen LogP contribution in [0.25, 0.3) is 0 Å². The molecular weight excluding hydrogens is 264 g/mol. The van der Waals surface area contributed by atoms with Crippen LogP contribution in [0.5, 0.6) is 0 Å². The highest BCUT2D eigenvalue weighted by Gasteiger charge is 2.19. The molecule has 0 spiro atoms. The second kappa shape index (κ2) is 9.93. The van der Waals surface area contributed by atoms with Crippen LogP contribution in [0, 0.1) is 11.8 Å². The maximum Gasteiger partial charge on any atom is 0.223 e. The van der Waals surface area contributed by atoms with E-state index in [1.807, 2.05) is 6.92 Å². The highest BCUT2D eigenvalue weighted by molar-refractivity contribution is 5.78. The third kappa shape index (κ3) is 8.20. The normalized spacial score (nSPS) is 19.0. The van der Waals surface area contributed by atoms with Crippen molar-refractivity contribution in [1.29, 1.82) is 0 Å². The van der Waals surface area contributed by atoms with Gasteiger partial charge in [-0.05, 0) is 58.0 Å². The van der Waals surface area contributed by atoms with Crippen molar-refractivity contribution >= 4 is 11.7 Å². The van der Waals surface area contributed by atoms with E-state index in [4.69, 9.17) is 0 Å². The number of nitrogens with one attached hydrogen (secondary N) is 2. The summed E-state index contributed by atoms with van der Waals surface area (Å²) in [6, 6.07) is 0.356. The van der Waals surface area contributed by atoms with Crippen molar-refractivity contribution in [3.63, 3.8) is 0 Å². The highest BCUT2D eigenvalue weighted by atomic mass is 16.2. The van der Waals surface area contributed by atoms with E-state index in [1.54, 1.807) is 6.92 Å². The van der Waals surface area contributed by atoms with Gasteiger partial charge in [-0.15, -0.1) is 0 Å². The molecule has 0 saturated carbocycles. The zero-order chi connectivity index (χ0) is 15.7. The Kier molecular flexibility index (Phi) is 8.58. The predicted octanol–water partition coefficient (Wildman–Crippen LogP) is 2.67. The van der Waals surface area contributed by atoms with Gasteiger partial charge in [0.1, 0.15) is 5.78 Å². The maximum absolute atomic E-state index is 12.2. The van der Waals surface area contributed by atoms with Crippen molar-refractivity contribution in [2.75, 3.05) is 13.1 Å². The number of carbonyl (C=O) groups is 2. The molecule has 21 heavy (non-hydrogen) atoms. The number of amides is 1. The van der Waals surface area contributed by atoms with Crippen LogP contribution in [-0.2, 0) is 9.59 Å². The van der Waals surface area contributed by atoms with E-state index >= 15 is 0 Å². The minimum Gasteiger partial charge on any atom is -0.353 e. The lowest BCUT2D eigenvalue weighted by molar-refractivity contribution is -0.125.